The Morgan fingerprint density at radius 1 is 1.04 bits per heavy atom. The third-order valence-corrected chi connectivity index (χ3v) is 4.51. The molecule has 4 rings (SSSR count). The van der Waals surface area contributed by atoms with Gasteiger partial charge in [-0.25, -0.2) is 0 Å². The third-order valence-electron chi connectivity index (χ3n) is 4.51. The number of aryl methyl sites for hydroxylation is 2. The molecule has 4 heteroatoms. The van der Waals surface area contributed by atoms with Crippen molar-refractivity contribution in [3.05, 3.63) is 60.1 Å². The summed E-state index contributed by atoms with van der Waals surface area (Å²) in [4.78, 5) is 3.34. The summed E-state index contributed by atoms with van der Waals surface area (Å²) in [6, 6.07) is 14.7. The van der Waals surface area contributed by atoms with Crippen LogP contribution in [0.25, 0.3) is 33.2 Å². The average Bonchev–Trinajstić information content (AvgIpc) is 3.20. The van der Waals surface area contributed by atoms with E-state index in [4.69, 9.17) is 9.26 Å². The summed E-state index contributed by atoms with van der Waals surface area (Å²) in [6.45, 7) is 8.00. The second-order valence-electron chi connectivity index (χ2n) is 6.86. The molecule has 0 fully saturated rings. The predicted molar refractivity (Wildman–Crippen MR) is 104 cm³/mol. The van der Waals surface area contributed by atoms with E-state index in [9.17, 15) is 0 Å². The molecule has 0 atom stereocenters. The van der Waals surface area contributed by atoms with Crippen molar-refractivity contribution in [3.63, 3.8) is 0 Å². The Hall–Kier alpha value is -3.01. The summed E-state index contributed by atoms with van der Waals surface area (Å²) in [5.41, 5.74) is 6.43. The molecule has 0 radical (unpaired) electrons. The van der Waals surface area contributed by atoms with Crippen LogP contribution in [0, 0.1) is 13.8 Å². The van der Waals surface area contributed by atoms with Gasteiger partial charge < -0.3 is 14.2 Å². The summed E-state index contributed by atoms with van der Waals surface area (Å²) >= 11 is 0. The Balaban J connectivity index is 1.91. The van der Waals surface area contributed by atoms with Crippen LogP contribution in [0.1, 0.15) is 25.3 Å². The maximum absolute atomic E-state index is 5.88. The molecule has 0 bridgehead atoms. The lowest BCUT2D eigenvalue weighted by atomic mass is 9.95. The van der Waals surface area contributed by atoms with Gasteiger partial charge in [0.2, 0.25) is 0 Å². The van der Waals surface area contributed by atoms with Crippen molar-refractivity contribution in [3.8, 4) is 28.0 Å². The summed E-state index contributed by atoms with van der Waals surface area (Å²) in [7, 11) is 0. The molecular weight excluding hydrogens is 324 g/mol. The Morgan fingerprint density at radius 3 is 2.62 bits per heavy atom. The van der Waals surface area contributed by atoms with Crippen molar-refractivity contribution in [1.29, 1.82) is 0 Å². The number of hydrogen-bond acceptors (Lipinski definition) is 3. The lowest BCUT2D eigenvalue weighted by molar-refractivity contribution is 0.242. The first kappa shape index (κ1) is 16.5. The first-order chi connectivity index (χ1) is 12.5. The van der Waals surface area contributed by atoms with Gasteiger partial charge in [0.25, 0.3) is 0 Å². The maximum atomic E-state index is 5.88. The minimum Gasteiger partial charge on any atom is -0.491 e. The zero-order valence-corrected chi connectivity index (χ0v) is 15.5. The monoisotopic (exact) mass is 346 g/mol. The molecule has 4 nitrogen and oxygen atoms in total. The number of hydrogen-bond donors (Lipinski definition) is 1. The minimum atomic E-state index is 0.145. The Labute approximate surface area is 152 Å². The van der Waals surface area contributed by atoms with Gasteiger partial charge in [-0.15, -0.1) is 0 Å². The zero-order chi connectivity index (χ0) is 18.3. The molecule has 0 aliphatic carbocycles. The highest BCUT2D eigenvalue weighted by Gasteiger charge is 2.15. The number of nitrogens with zero attached hydrogens (tertiary/aromatic N) is 1. The van der Waals surface area contributed by atoms with Gasteiger partial charge in [0, 0.05) is 22.7 Å². The van der Waals surface area contributed by atoms with Crippen molar-refractivity contribution in [1.82, 2.24) is 10.1 Å². The van der Waals surface area contributed by atoms with E-state index in [0.29, 0.717) is 0 Å². The predicted octanol–water partition coefficient (Wildman–Crippen LogP) is 5.89. The second kappa shape index (κ2) is 6.37. The molecule has 4 aromatic rings. The third kappa shape index (κ3) is 2.88. The number of H-pyrrole nitrogens is 1. The molecule has 1 N–H and O–H groups in total. The van der Waals surface area contributed by atoms with Gasteiger partial charge in [-0.1, -0.05) is 17.3 Å². The topological polar surface area (TPSA) is 51.1 Å². The fourth-order valence-electron chi connectivity index (χ4n) is 3.45. The fourth-order valence-corrected chi connectivity index (χ4v) is 3.45. The number of nitrogens with one attached hydrogen (secondary N) is 1. The van der Waals surface area contributed by atoms with Gasteiger partial charge in [0.1, 0.15) is 11.5 Å². The molecular formula is C22H22N2O2. The van der Waals surface area contributed by atoms with Crippen molar-refractivity contribution in [2.45, 2.75) is 33.8 Å². The van der Waals surface area contributed by atoms with Crippen LogP contribution in [0.2, 0.25) is 0 Å². The first-order valence-electron chi connectivity index (χ1n) is 8.84. The van der Waals surface area contributed by atoms with Gasteiger partial charge >= 0.3 is 0 Å². The van der Waals surface area contributed by atoms with E-state index in [2.05, 4.69) is 40.5 Å². The second-order valence-corrected chi connectivity index (χ2v) is 6.86. The number of fused-ring (bicyclic) bond motifs is 1. The Bertz CT molecular complexity index is 1050. The van der Waals surface area contributed by atoms with E-state index in [1.807, 2.05) is 46.0 Å². The van der Waals surface area contributed by atoms with Crippen molar-refractivity contribution in [2.75, 3.05) is 0 Å². The summed E-state index contributed by atoms with van der Waals surface area (Å²) in [5, 5.41) is 5.29. The molecule has 0 aliphatic rings. The molecule has 0 saturated heterocycles. The lowest BCUT2D eigenvalue weighted by Gasteiger charge is -2.12. The van der Waals surface area contributed by atoms with Crippen LogP contribution in [0.5, 0.6) is 5.75 Å². The van der Waals surface area contributed by atoms with Crippen LogP contribution in [0.15, 0.2) is 53.2 Å². The summed E-state index contributed by atoms with van der Waals surface area (Å²) < 4.78 is 11.2. The molecule has 0 aliphatic heterocycles. The van der Waals surface area contributed by atoms with Gasteiger partial charge in [-0.3, -0.25) is 0 Å². The van der Waals surface area contributed by atoms with Crippen LogP contribution >= 0.6 is 0 Å². The van der Waals surface area contributed by atoms with Gasteiger partial charge in [-0.05, 0) is 74.7 Å². The molecule has 0 amide bonds. The fraction of sp³-hybridized carbons (Fsp3) is 0.227. The van der Waals surface area contributed by atoms with E-state index in [-0.39, 0.29) is 6.10 Å². The highest BCUT2D eigenvalue weighted by Crippen LogP contribution is 2.37. The van der Waals surface area contributed by atoms with E-state index >= 15 is 0 Å². The van der Waals surface area contributed by atoms with Crippen LogP contribution in [-0.2, 0) is 0 Å². The highest BCUT2D eigenvalue weighted by atomic mass is 16.5. The molecule has 2 aromatic heterocycles. The largest absolute Gasteiger partial charge is 0.491 e. The Kier molecular flexibility index (Phi) is 4.03. The number of rotatable bonds is 4. The SMILES string of the molecule is Cc1noc(C)c1-c1cc(-c2cccc(OC(C)C)c2)c2cc[nH]c2c1. The molecule has 132 valence electrons. The minimum absolute atomic E-state index is 0.145. The lowest BCUT2D eigenvalue weighted by Crippen LogP contribution is -2.05. The molecule has 0 spiro atoms. The number of benzene rings is 2. The molecule has 26 heavy (non-hydrogen) atoms. The van der Waals surface area contributed by atoms with Crippen LogP contribution in [-0.4, -0.2) is 16.2 Å². The van der Waals surface area contributed by atoms with Gasteiger partial charge in [-0.2, -0.15) is 0 Å². The van der Waals surface area contributed by atoms with E-state index in [1.165, 1.54) is 5.39 Å². The zero-order valence-electron chi connectivity index (χ0n) is 15.5. The normalized spacial score (nSPS) is 11.4. The summed E-state index contributed by atoms with van der Waals surface area (Å²) in [5.74, 6) is 1.71. The number of aromatic amines is 1. The van der Waals surface area contributed by atoms with Crippen LogP contribution < -0.4 is 4.74 Å². The van der Waals surface area contributed by atoms with E-state index < -0.39 is 0 Å². The number of aromatic nitrogens is 2. The average molecular weight is 346 g/mol. The van der Waals surface area contributed by atoms with Crippen molar-refractivity contribution >= 4 is 10.9 Å². The molecule has 2 aromatic carbocycles. The van der Waals surface area contributed by atoms with E-state index in [1.54, 1.807) is 0 Å². The molecule has 2 heterocycles. The smallest absolute Gasteiger partial charge is 0.141 e. The molecule has 0 unspecified atom stereocenters. The van der Waals surface area contributed by atoms with Crippen LogP contribution in [0.4, 0.5) is 0 Å². The highest BCUT2D eigenvalue weighted by molar-refractivity contribution is 5.99. The summed E-state index contributed by atoms with van der Waals surface area (Å²) in [6.07, 6.45) is 2.12. The quantitative estimate of drug-likeness (QED) is 0.501. The molecule has 0 saturated carbocycles. The van der Waals surface area contributed by atoms with E-state index in [0.717, 1.165) is 45.0 Å². The van der Waals surface area contributed by atoms with Crippen LogP contribution in [0.3, 0.4) is 0 Å². The van der Waals surface area contributed by atoms with Crippen molar-refractivity contribution in [2.24, 2.45) is 0 Å². The maximum Gasteiger partial charge on any atom is 0.141 e. The Morgan fingerprint density at radius 2 is 1.88 bits per heavy atom. The number of ether oxygens (including phenoxy) is 1. The van der Waals surface area contributed by atoms with Crippen molar-refractivity contribution < 1.29 is 9.26 Å². The first-order valence-corrected chi connectivity index (χ1v) is 8.84. The standard InChI is InChI=1S/C22H22N2O2/c1-13(2)25-18-7-5-6-16(10-18)20-11-17(12-21-19(20)8-9-23-21)22-14(3)24-26-15(22)4/h5-13,23H,1-4H3. The van der Waals surface area contributed by atoms with Gasteiger partial charge in [0.05, 0.1) is 11.8 Å². The van der Waals surface area contributed by atoms with Gasteiger partial charge in [0.15, 0.2) is 0 Å².